The van der Waals surface area contributed by atoms with E-state index >= 15 is 0 Å². The predicted octanol–water partition coefficient (Wildman–Crippen LogP) is 7.08. The molecule has 1 nitrogen and oxygen atoms in total. The van der Waals surface area contributed by atoms with E-state index in [1.54, 1.807) is 0 Å². The Hall–Kier alpha value is 2.38. The van der Waals surface area contributed by atoms with Crippen LogP contribution >= 0.6 is 112 Å². The molecule has 0 spiro atoms. The molecule has 1 rings (SSSR count). The number of rotatable bonds is 2. The lowest BCUT2D eigenvalue weighted by molar-refractivity contribution is 0.678. The fraction of sp³-hybridized carbons (Fsp3) is 0.333. The Balaban J connectivity index is 0.000000302. The van der Waals surface area contributed by atoms with Crippen molar-refractivity contribution in [3.05, 3.63) is 30.3 Å². The summed E-state index contributed by atoms with van der Waals surface area (Å²) in [5.74, 6) is 0.826. The monoisotopic (exact) mass is 683 g/mol. The average Bonchev–Trinajstić information content (AvgIpc) is 2.28. The summed E-state index contributed by atoms with van der Waals surface area (Å²) in [7, 11) is 0. The van der Waals surface area contributed by atoms with Gasteiger partial charge >= 0.3 is 0 Å². The van der Waals surface area contributed by atoms with Crippen molar-refractivity contribution in [2.75, 3.05) is 0 Å². The molecule has 0 aromatic heterocycles. The van der Waals surface area contributed by atoms with Crippen molar-refractivity contribution < 1.29 is 3.83 Å². The summed E-state index contributed by atoms with van der Waals surface area (Å²) in [6, 6.07) is 9.51. The van der Waals surface area contributed by atoms with Crippen LogP contribution in [-0.4, -0.2) is 10.7 Å². The maximum atomic E-state index is 4.73. The number of benzene rings is 1. The zero-order valence-electron chi connectivity index (χ0n) is 8.10. The highest BCUT2D eigenvalue weighted by Gasteiger charge is 2.32. The molecule has 1 aromatic carbocycles. The van der Waals surface area contributed by atoms with Gasteiger partial charge in [0.25, 0.3) is 0 Å². The predicted molar refractivity (Wildman–Crippen MR) is 99.9 cm³/mol. The standard InChI is InChI=1S/C6H5BrO.C3H2Br6/c7-8-6-4-2-1-3-5-6;4-1(2(5)6)3(7,8)9/h1-5H;1-2H. The molecule has 0 N–H and O–H groups in total. The number of hydrogen-bond donors (Lipinski definition) is 0. The van der Waals surface area contributed by atoms with E-state index in [1.807, 2.05) is 30.3 Å². The van der Waals surface area contributed by atoms with E-state index < -0.39 is 0 Å². The highest BCUT2D eigenvalue weighted by Crippen LogP contribution is 2.45. The van der Waals surface area contributed by atoms with E-state index in [0.29, 0.717) is 0 Å². The molecule has 0 amide bonds. The van der Waals surface area contributed by atoms with Crippen molar-refractivity contribution >= 4 is 112 Å². The molecule has 0 fully saturated rings. The summed E-state index contributed by atoms with van der Waals surface area (Å²) in [5, 5.41) is 0. The van der Waals surface area contributed by atoms with Crippen molar-refractivity contribution in [1.82, 2.24) is 0 Å². The van der Waals surface area contributed by atoms with Gasteiger partial charge in [0.2, 0.25) is 0 Å². The number of para-hydroxylation sites is 1. The molecule has 1 atom stereocenters. The molecule has 0 radical (unpaired) electrons. The molecular weight excluding hydrogens is 683 g/mol. The van der Waals surface area contributed by atoms with Crippen molar-refractivity contribution in [1.29, 1.82) is 0 Å². The molecule has 8 heteroatoms. The summed E-state index contributed by atoms with van der Waals surface area (Å²) in [4.78, 5) is 0.213. The van der Waals surface area contributed by atoms with Crippen molar-refractivity contribution in [3.8, 4) is 5.75 Å². The highest BCUT2D eigenvalue weighted by molar-refractivity contribution is 9.40. The van der Waals surface area contributed by atoms with Gasteiger partial charge in [0.05, 0.1) is 8.56 Å². The van der Waals surface area contributed by atoms with Gasteiger partial charge in [-0.2, -0.15) is 0 Å². The Morgan fingerprint density at radius 2 is 1.41 bits per heavy atom. The molecule has 0 saturated carbocycles. The topological polar surface area (TPSA) is 9.23 Å². The molecule has 17 heavy (non-hydrogen) atoms. The molecule has 0 heterocycles. The Bertz CT molecular complexity index is 298. The van der Waals surface area contributed by atoms with Crippen LogP contribution in [0.5, 0.6) is 5.75 Å². The average molecular weight is 690 g/mol. The SMILES string of the molecule is BrC(Br)C(Br)C(Br)(Br)Br.BrOc1ccccc1. The maximum Gasteiger partial charge on any atom is 0.179 e. The minimum absolute atomic E-state index is 0.211. The Labute approximate surface area is 160 Å². The minimum atomic E-state index is -0.259. The molecule has 1 aromatic rings. The van der Waals surface area contributed by atoms with Crippen LogP contribution in [0.25, 0.3) is 0 Å². The summed E-state index contributed by atoms with van der Waals surface area (Å²) in [5.41, 5.74) is 0. The third-order valence-corrected chi connectivity index (χ3v) is 8.75. The van der Waals surface area contributed by atoms with Crippen molar-refractivity contribution in [2.24, 2.45) is 0 Å². The maximum absolute atomic E-state index is 4.73. The van der Waals surface area contributed by atoms with Crippen LogP contribution in [0.2, 0.25) is 0 Å². The largest absolute Gasteiger partial charge is 0.418 e. The van der Waals surface area contributed by atoms with Gasteiger partial charge in [0, 0.05) is 0 Å². The van der Waals surface area contributed by atoms with E-state index in [9.17, 15) is 0 Å². The smallest absolute Gasteiger partial charge is 0.179 e. The first-order valence-corrected chi connectivity index (χ1v) is 9.89. The number of alkyl halides is 6. The zero-order chi connectivity index (χ0) is 13.5. The van der Waals surface area contributed by atoms with E-state index in [1.165, 1.54) is 0 Å². The molecule has 0 saturated heterocycles. The first-order valence-electron chi connectivity index (χ1n) is 4.11. The van der Waals surface area contributed by atoms with Gasteiger partial charge in [-0.25, -0.2) is 0 Å². The third-order valence-electron chi connectivity index (χ3n) is 1.37. The van der Waals surface area contributed by atoms with Gasteiger partial charge in [-0.05, 0) is 12.1 Å². The second-order valence-corrected chi connectivity index (χ2v) is 14.1. The fourth-order valence-electron chi connectivity index (χ4n) is 0.615. The van der Waals surface area contributed by atoms with Crippen LogP contribution in [0, 0.1) is 0 Å². The quantitative estimate of drug-likeness (QED) is 0.302. The lowest BCUT2D eigenvalue weighted by Crippen LogP contribution is -2.22. The zero-order valence-corrected chi connectivity index (χ0v) is 19.2. The summed E-state index contributed by atoms with van der Waals surface area (Å²) in [6.07, 6.45) is 0. The molecular formula is C9H7Br7O. The first kappa shape index (κ1) is 19.4. The van der Waals surface area contributed by atoms with Crippen LogP contribution in [-0.2, 0) is 0 Å². The van der Waals surface area contributed by atoms with Crippen molar-refractivity contribution in [3.63, 3.8) is 0 Å². The number of hydrogen-bond acceptors (Lipinski definition) is 1. The lowest BCUT2D eigenvalue weighted by atomic mass is 10.3. The van der Waals surface area contributed by atoms with E-state index in [2.05, 4.69) is 112 Å². The van der Waals surface area contributed by atoms with Crippen LogP contribution < -0.4 is 3.83 Å². The fourth-order valence-corrected chi connectivity index (χ4v) is 4.54. The normalized spacial score (nSPS) is 12.7. The summed E-state index contributed by atoms with van der Waals surface area (Å²) in [6.45, 7) is 0. The Kier molecular flexibility index (Phi) is 11.6. The highest BCUT2D eigenvalue weighted by atomic mass is 80.0. The second kappa shape index (κ2) is 10.2. The summed E-state index contributed by atoms with van der Waals surface area (Å²) < 4.78 is 4.68. The van der Waals surface area contributed by atoms with Gasteiger partial charge in [-0.1, -0.05) is 114 Å². The molecule has 1 unspecified atom stereocenters. The van der Waals surface area contributed by atoms with Crippen LogP contribution in [0.3, 0.4) is 0 Å². The van der Waals surface area contributed by atoms with Crippen molar-refractivity contribution in [2.45, 2.75) is 10.7 Å². The Morgan fingerprint density at radius 3 is 1.59 bits per heavy atom. The van der Waals surface area contributed by atoms with Gasteiger partial charge in [-0.3, -0.25) is 0 Å². The third kappa shape index (κ3) is 9.85. The number of halogens is 7. The van der Waals surface area contributed by atoms with Gasteiger partial charge in [0.1, 0.15) is 7.89 Å². The molecule has 0 bridgehead atoms. The molecule has 98 valence electrons. The van der Waals surface area contributed by atoms with Gasteiger partial charge < -0.3 is 3.83 Å². The Morgan fingerprint density at radius 1 is 0.941 bits per heavy atom. The minimum Gasteiger partial charge on any atom is -0.418 e. The van der Waals surface area contributed by atoms with E-state index in [0.717, 1.165) is 5.75 Å². The molecule has 0 aliphatic carbocycles. The van der Waals surface area contributed by atoms with Crippen LogP contribution in [0.15, 0.2) is 30.3 Å². The molecule has 0 aliphatic rings. The van der Waals surface area contributed by atoms with E-state index in [4.69, 9.17) is 3.83 Å². The van der Waals surface area contributed by atoms with Crippen LogP contribution in [0.4, 0.5) is 0 Å². The van der Waals surface area contributed by atoms with Crippen LogP contribution in [0.1, 0.15) is 0 Å². The summed E-state index contributed by atoms with van der Waals surface area (Å²) >= 11 is 23.1. The second-order valence-electron chi connectivity index (χ2n) is 2.67. The lowest BCUT2D eigenvalue weighted by Gasteiger charge is -2.20. The van der Waals surface area contributed by atoms with Gasteiger partial charge in [-0.15, -0.1) is 0 Å². The molecule has 0 aliphatic heterocycles. The van der Waals surface area contributed by atoms with E-state index in [-0.39, 0.29) is 10.7 Å². The first-order chi connectivity index (χ1) is 7.79. The van der Waals surface area contributed by atoms with Gasteiger partial charge in [0.15, 0.2) is 16.3 Å².